The fourth-order valence-electron chi connectivity index (χ4n) is 0.422. The molecule has 0 bridgehead atoms. The third-order valence-electron chi connectivity index (χ3n) is 0.717. The van der Waals surface area contributed by atoms with Crippen LogP contribution in [0.15, 0.2) is 12.1 Å². The van der Waals surface area contributed by atoms with Crippen molar-refractivity contribution in [3.63, 3.8) is 0 Å². The van der Waals surface area contributed by atoms with Crippen LogP contribution in [-0.2, 0) is 52.2 Å². The summed E-state index contributed by atoms with van der Waals surface area (Å²) < 4.78 is 3.29. The van der Waals surface area contributed by atoms with Gasteiger partial charge in [-0.25, -0.2) is 0 Å². The summed E-state index contributed by atoms with van der Waals surface area (Å²) in [5, 5.41) is 0. The van der Waals surface area contributed by atoms with Crippen molar-refractivity contribution in [3.05, 3.63) is 12.1 Å². The standard InChI is InChI=1S/C4H2S.2Hg/c1-2-4-5-3-1;;/h1-2H;;/q;;+1. The van der Waals surface area contributed by atoms with Crippen molar-refractivity contribution in [1.29, 1.82) is 0 Å². The van der Waals surface area contributed by atoms with E-state index in [4.69, 9.17) is 0 Å². The zero-order valence-corrected chi connectivity index (χ0v) is 15.8. The van der Waals surface area contributed by atoms with E-state index in [2.05, 4.69) is 12.1 Å². The number of rotatable bonds is 0. The van der Waals surface area contributed by atoms with Gasteiger partial charge in [0.25, 0.3) is 0 Å². The van der Waals surface area contributed by atoms with Crippen LogP contribution < -0.4 is 4.77 Å². The average molecular weight is 483 g/mol. The summed E-state index contributed by atoms with van der Waals surface area (Å²) in [5.41, 5.74) is 0. The summed E-state index contributed by atoms with van der Waals surface area (Å²) >= 11 is 3.78. The first-order valence-electron chi connectivity index (χ1n) is 2.03. The summed E-state index contributed by atoms with van der Waals surface area (Å²) in [6, 6.07) is 4.55. The van der Waals surface area contributed by atoms with E-state index in [9.17, 15) is 0 Å². The Labute approximate surface area is 79.3 Å². The van der Waals surface area contributed by atoms with E-state index in [1.54, 1.807) is 4.77 Å². The van der Waals surface area contributed by atoms with Gasteiger partial charge in [-0.1, -0.05) is 0 Å². The molecule has 1 aromatic rings. The Kier molecular flexibility index (Phi) is 2.79. The maximum atomic E-state index is 2.27. The minimum absolute atomic E-state index is 0.880. The molecule has 1 rings (SSSR count). The maximum absolute atomic E-state index is 2.27. The summed E-state index contributed by atoms with van der Waals surface area (Å²) in [4.78, 5) is 0. The van der Waals surface area contributed by atoms with Crippen LogP contribution in [0.1, 0.15) is 0 Å². The van der Waals surface area contributed by atoms with Gasteiger partial charge in [-0.3, -0.25) is 0 Å². The first kappa shape index (κ1) is 6.69. The number of hydrogen-bond acceptors (Lipinski definition) is 1. The third kappa shape index (κ3) is 2.10. The quantitative estimate of drug-likeness (QED) is 0.460. The average Bonchev–Trinajstić information content (AvgIpc) is 1.87. The van der Waals surface area contributed by atoms with Gasteiger partial charge in [-0.2, -0.15) is 0 Å². The molecule has 0 unspecified atom stereocenters. The van der Waals surface area contributed by atoms with Crippen LogP contribution in [0.2, 0.25) is 0 Å². The molecule has 0 radical (unpaired) electrons. The van der Waals surface area contributed by atoms with Gasteiger partial charge >= 0.3 is 80.5 Å². The molecular formula is C4H2Hg2S+. The van der Waals surface area contributed by atoms with E-state index in [1.165, 1.54) is 0 Å². The van der Waals surface area contributed by atoms with Gasteiger partial charge in [0.2, 0.25) is 0 Å². The van der Waals surface area contributed by atoms with Gasteiger partial charge in [0, 0.05) is 0 Å². The molecule has 0 aliphatic rings. The van der Waals surface area contributed by atoms with Crippen LogP contribution >= 0.6 is 11.3 Å². The minimum atomic E-state index is 0.880. The topological polar surface area (TPSA) is 0 Å². The van der Waals surface area contributed by atoms with Gasteiger partial charge in [0.1, 0.15) is 0 Å². The molecule has 0 nitrogen and oxygen atoms in total. The van der Waals surface area contributed by atoms with Crippen LogP contribution in [-0.4, -0.2) is 0 Å². The molecule has 0 aliphatic carbocycles. The number of thiophene rings is 1. The van der Waals surface area contributed by atoms with E-state index >= 15 is 0 Å². The molecule has 0 spiro atoms. The molecule has 0 N–H and O–H groups in total. The Hall–Kier alpha value is 1.57. The molecule has 3 heteroatoms. The van der Waals surface area contributed by atoms with E-state index in [1.807, 2.05) is 11.3 Å². The van der Waals surface area contributed by atoms with Crippen molar-refractivity contribution in [2.75, 3.05) is 0 Å². The fraction of sp³-hybridized carbons (Fsp3) is 0. The molecule has 0 saturated heterocycles. The first-order chi connectivity index (χ1) is 3.29. The van der Waals surface area contributed by atoms with Crippen molar-refractivity contribution < 1.29 is 52.2 Å². The van der Waals surface area contributed by atoms with E-state index < -0.39 is 0 Å². The molecule has 0 amide bonds. The molecule has 0 atom stereocenters. The molecule has 0 saturated carbocycles. The molecule has 0 aliphatic heterocycles. The third-order valence-corrected chi connectivity index (χ3v) is 6.71. The Balaban J connectivity index is 3.04. The zero-order chi connectivity index (χ0) is 5.28. The van der Waals surface area contributed by atoms with Gasteiger partial charge < -0.3 is 0 Å². The SMILES string of the molecule is [Hg][c]1cc[c]([Hg+])s1. The van der Waals surface area contributed by atoms with Crippen molar-refractivity contribution in [2.24, 2.45) is 0 Å². The summed E-state index contributed by atoms with van der Waals surface area (Å²) in [5.74, 6) is 0. The molecule has 7 heavy (non-hydrogen) atoms. The summed E-state index contributed by atoms with van der Waals surface area (Å²) in [6.07, 6.45) is 0. The van der Waals surface area contributed by atoms with Gasteiger partial charge in [-0.05, 0) is 0 Å². The summed E-state index contributed by atoms with van der Waals surface area (Å²) in [6.45, 7) is 0. The zero-order valence-electron chi connectivity index (χ0n) is 3.98. The molecule has 1 heterocycles. The predicted molar refractivity (Wildman–Crippen MR) is 23.6 cm³/mol. The monoisotopic (exact) mass is 486 g/mol. The van der Waals surface area contributed by atoms with Gasteiger partial charge in [0.15, 0.2) is 0 Å². The van der Waals surface area contributed by atoms with E-state index in [-0.39, 0.29) is 0 Å². The second-order valence-electron chi connectivity index (χ2n) is 1.37. The Morgan fingerprint density at radius 3 is 2.43 bits per heavy atom. The molecule has 27 valence electrons. The Morgan fingerprint density at radius 2 is 2.29 bits per heavy atom. The molecular weight excluding hydrogens is 481 g/mol. The predicted octanol–water partition coefficient (Wildman–Crippen LogP) is 0.0923. The Bertz CT molecular complexity index is 142. The van der Waals surface area contributed by atoms with Crippen molar-refractivity contribution in [1.82, 2.24) is 0 Å². The fourth-order valence-corrected chi connectivity index (χ4v) is 15.5. The number of hydrogen-bond donors (Lipinski definition) is 0. The van der Waals surface area contributed by atoms with E-state index in [0.717, 1.165) is 52.2 Å². The second kappa shape index (κ2) is 2.92. The molecule has 1 aromatic heterocycles. The van der Waals surface area contributed by atoms with Gasteiger partial charge in [-0.15, -0.1) is 0 Å². The second-order valence-corrected chi connectivity index (χ2v) is 12.5. The first-order valence-corrected chi connectivity index (χ1v) is 8.34. The summed E-state index contributed by atoms with van der Waals surface area (Å²) in [7, 11) is 0. The van der Waals surface area contributed by atoms with Crippen LogP contribution in [0.4, 0.5) is 0 Å². The van der Waals surface area contributed by atoms with Crippen LogP contribution in [0.5, 0.6) is 0 Å². The van der Waals surface area contributed by atoms with Crippen molar-refractivity contribution in [2.45, 2.75) is 0 Å². The van der Waals surface area contributed by atoms with Crippen molar-refractivity contribution in [3.8, 4) is 0 Å². The van der Waals surface area contributed by atoms with Crippen LogP contribution in [0.25, 0.3) is 0 Å². The Morgan fingerprint density at radius 1 is 1.57 bits per heavy atom. The van der Waals surface area contributed by atoms with Crippen LogP contribution in [0, 0.1) is 0 Å². The molecule has 0 aromatic carbocycles. The van der Waals surface area contributed by atoms with Gasteiger partial charge in [0.05, 0.1) is 0 Å². The molecule has 0 fully saturated rings. The van der Waals surface area contributed by atoms with Crippen molar-refractivity contribution >= 4 is 16.1 Å². The normalized spacial score (nSPS) is 9.71. The van der Waals surface area contributed by atoms with E-state index in [0.29, 0.717) is 0 Å². The van der Waals surface area contributed by atoms with Crippen LogP contribution in [0.3, 0.4) is 0 Å².